The van der Waals surface area contributed by atoms with Gasteiger partial charge in [0.1, 0.15) is 11.9 Å². The van der Waals surface area contributed by atoms with Crippen LogP contribution in [0.1, 0.15) is 5.56 Å². The van der Waals surface area contributed by atoms with Gasteiger partial charge in [-0.15, -0.1) is 0 Å². The molecule has 124 valence electrons. The Morgan fingerprint density at radius 1 is 0.800 bits per heavy atom. The zero-order chi connectivity index (χ0) is 17.1. The molecule has 1 aliphatic rings. The van der Waals surface area contributed by atoms with Crippen LogP contribution in [0.15, 0.2) is 66.7 Å². The summed E-state index contributed by atoms with van der Waals surface area (Å²) >= 11 is 0. The molecule has 0 amide bonds. The van der Waals surface area contributed by atoms with Crippen molar-refractivity contribution in [1.82, 2.24) is 4.98 Å². The molecule has 0 bridgehead atoms. The molecule has 2 heterocycles. The van der Waals surface area contributed by atoms with Crippen molar-refractivity contribution in [1.29, 1.82) is 5.26 Å². The second-order valence-corrected chi connectivity index (χ2v) is 6.23. The van der Waals surface area contributed by atoms with Gasteiger partial charge in [-0.2, -0.15) is 5.26 Å². The second kappa shape index (κ2) is 6.74. The van der Waals surface area contributed by atoms with Crippen molar-refractivity contribution < 1.29 is 0 Å². The Hall–Kier alpha value is -3.19. The molecule has 0 spiro atoms. The number of anilines is 2. The van der Waals surface area contributed by atoms with Crippen LogP contribution in [0.3, 0.4) is 0 Å². The van der Waals surface area contributed by atoms with Gasteiger partial charge in [-0.1, -0.05) is 48.5 Å². The van der Waals surface area contributed by atoms with Crippen molar-refractivity contribution in [2.45, 2.75) is 0 Å². The number of H-pyrrole nitrogens is 1. The number of hydrogen-bond acceptors (Lipinski definition) is 3. The summed E-state index contributed by atoms with van der Waals surface area (Å²) in [7, 11) is 0. The van der Waals surface area contributed by atoms with E-state index in [0.29, 0.717) is 5.56 Å². The van der Waals surface area contributed by atoms with Gasteiger partial charge in [0, 0.05) is 37.6 Å². The van der Waals surface area contributed by atoms with Gasteiger partial charge in [0.05, 0.1) is 5.56 Å². The quantitative estimate of drug-likeness (QED) is 0.793. The Morgan fingerprint density at radius 2 is 1.40 bits per heavy atom. The van der Waals surface area contributed by atoms with Gasteiger partial charge in [0.25, 0.3) is 0 Å². The molecular formula is C21H20N4. The second-order valence-electron chi connectivity index (χ2n) is 6.23. The Labute approximate surface area is 147 Å². The van der Waals surface area contributed by atoms with E-state index in [1.165, 1.54) is 5.69 Å². The van der Waals surface area contributed by atoms with Gasteiger partial charge >= 0.3 is 0 Å². The molecule has 2 aromatic carbocycles. The van der Waals surface area contributed by atoms with Crippen LogP contribution in [0.2, 0.25) is 0 Å². The number of nitrogens with one attached hydrogen (secondary N) is 1. The first-order valence-corrected chi connectivity index (χ1v) is 8.58. The van der Waals surface area contributed by atoms with E-state index in [9.17, 15) is 5.26 Å². The van der Waals surface area contributed by atoms with Crippen molar-refractivity contribution in [2.75, 3.05) is 36.0 Å². The molecule has 0 atom stereocenters. The van der Waals surface area contributed by atoms with E-state index >= 15 is 0 Å². The summed E-state index contributed by atoms with van der Waals surface area (Å²) in [4.78, 5) is 8.13. The molecule has 1 aliphatic heterocycles. The zero-order valence-corrected chi connectivity index (χ0v) is 14.0. The first kappa shape index (κ1) is 15.3. The van der Waals surface area contributed by atoms with Crippen LogP contribution in [0.4, 0.5) is 11.5 Å². The van der Waals surface area contributed by atoms with Crippen LogP contribution >= 0.6 is 0 Å². The van der Waals surface area contributed by atoms with E-state index in [1.54, 1.807) is 0 Å². The standard InChI is InChI=1S/C21H20N4/c22-16-18-15-20(17-7-3-1-4-8-17)23-21(18)25-13-11-24(12-14-25)19-9-5-2-6-10-19/h1-10,15,23H,11-14H2. The Morgan fingerprint density at radius 3 is 2.04 bits per heavy atom. The topological polar surface area (TPSA) is 46.1 Å². The molecule has 0 radical (unpaired) electrons. The maximum Gasteiger partial charge on any atom is 0.124 e. The Kier molecular flexibility index (Phi) is 4.14. The molecule has 4 heteroatoms. The third-order valence-electron chi connectivity index (χ3n) is 4.72. The average molecular weight is 328 g/mol. The molecule has 4 rings (SSSR count). The number of piperazine rings is 1. The van der Waals surface area contributed by atoms with Crippen LogP contribution in [-0.4, -0.2) is 31.2 Å². The number of benzene rings is 2. The lowest BCUT2D eigenvalue weighted by Crippen LogP contribution is -2.46. The normalized spacial score (nSPS) is 14.4. The fourth-order valence-electron chi connectivity index (χ4n) is 3.38. The third kappa shape index (κ3) is 3.09. The third-order valence-corrected chi connectivity index (χ3v) is 4.72. The number of nitrogens with zero attached hydrogens (tertiary/aromatic N) is 3. The zero-order valence-electron chi connectivity index (χ0n) is 14.0. The molecule has 25 heavy (non-hydrogen) atoms. The fourth-order valence-corrected chi connectivity index (χ4v) is 3.38. The van der Waals surface area contributed by atoms with Crippen LogP contribution in [-0.2, 0) is 0 Å². The SMILES string of the molecule is N#Cc1cc(-c2ccccc2)[nH]c1N1CCN(c2ccccc2)CC1. The molecule has 0 saturated carbocycles. The monoisotopic (exact) mass is 328 g/mol. The Balaban J connectivity index is 1.53. The van der Waals surface area contributed by atoms with E-state index in [4.69, 9.17) is 0 Å². The van der Waals surface area contributed by atoms with Gasteiger partial charge in [-0.3, -0.25) is 0 Å². The van der Waals surface area contributed by atoms with Gasteiger partial charge in [0.15, 0.2) is 0 Å². The summed E-state index contributed by atoms with van der Waals surface area (Å²) in [5, 5.41) is 9.53. The minimum atomic E-state index is 0.715. The maximum absolute atomic E-state index is 9.53. The summed E-state index contributed by atoms with van der Waals surface area (Å²) in [6, 6.07) is 24.9. The first-order chi connectivity index (χ1) is 12.3. The van der Waals surface area contributed by atoms with Gasteiger partial charge in [-0.05, 0) is 23.8 Å². The van der Waals surface area contributed by atoms with E-state index in [-0.39, 0.29) is 0 Å². The maximum atomic E-state index is 9.53. The molecule has 3 aromatic rings. The van der Waals surface area contributed by atoms with Crippen LogP contribution in [0, 0.1) is 11.3 Å². The summed E-state index contributed by atoms with van der Waals surface area (Å²) in [6.45, 7) is 3.71. The molecule has 1 aromatic heterocycles. The minimum Gasteiger partial charge on any atom is -0.368 e. The predicted octanol–water partition coefficient (Wildman–Crippen LogP) is 3.88. The van der Waals surface area contributed by atoms with E-state index in [2.05, 4.69) is 57.3 Å². The smallest absolute Gasteiger partial charge is 0.124 e. The number of para-hydroxylation sites is 1. The lowest BCUT2D eigenvalue weighted by Gasteiger charge is -2.36. The summed E-state index contributed by atoms with van der Waals surface area (Å²) < 4.78 is 0. The number of rotatable bonds is 3. The lowest BCUT2D eigenvalue weighted by atomic mass is 10.1. The molecule has 0 unspecified atom stereocenters. The van der Waals surface area contributed by atoms with Crippen molar-refractivity contribution in [3.8, 4) is 17.3 Å². The summed E-state index contributed by atoms with van der Waals surface area (Å²) in [5.74, 6) is 0.939. The largest absolute Gasteiger partial charge is 0.368 e. The highest BCUT2D eigenvalue weighted by atomic mass is 15.3. The molecule has 4 nitrogen and oxygen atoms in total. The van der Waals surface area contributed by atoms with Gasteiger partial charge in [-0.25, -0.2) is 0 Å². The average Bonchev–Trinajstić information content (AvgIpc) is 3.14. The first-order valence-electron chi connectivity index (χ1n) is 8.58. The number of aromatic nitrogens is 1. The van der Waals surface area contributed by atoms with E-state index in [1.807, 2.05) is 30.3 Å². The molecule has 1 saturated heterocycles. The van der Waals surface area contributed by atoms with Crippen molar-refractivity contribution >= 4 is 11.5 Å². The predicted molar refractivity (Wildman–Crippen MR) is 102 cm³/mol. The lowest BCUT2D eigenvalue weighted by molar-refractivity contribution is 0.648. The highest BCUT2D eigenvalue weighted by Crippen LogP contribution is 2.28. The van der Waals surface area contributed by atoms with Crippen LogP contribution in [0.25, 0.3) is 11.3 Å². The fraction of sp³-hybridized carbons (Fsp3) is 0.190. The van der Waals surface area contributed by atoms with Crippen LogP contribution in [0.5, 0.6) is 0 Å². The molecular weight excluding hydrogens is 308 g/mol. The van der Waals surface area contributed by atoms with Crippen molar-refractivity contribution in [3.05, 3.63) is 72.3 Å². The van der Waals surface area contributed by atoms with Crippen molar-refractivity contribution in [2.24, 2.45) is 0 Å². The highest BCUT2D eigenvalue weighted by molar-refractivity contribution is 5.69. The Bertz CT molecular complexity index is 869. The number of hydrogen-bond donors (Lipinski definition) is 1. The van der Waals surface area contributed by atoms with Gasteiger partial charge < -0.3 is 14.8 Å². The molecule has 1 N–H and O–H groups in total. The van der Waals surface area contributed by atoms with Gasteiger partial charge in [0.2, 0.25) is 0 Å². The summed E-state index contributed by atoms with van der Waals surface area (Å²) in [5.41, 5.74) is 4.08. The minimum absolute atomic E-state index is 0.715. The van der Waals surface area contributed by atoms with Crippen LogP contribution < -0.4 is 9.80 Å². The highest BCUT2D eigenvalue weighted by Gasteiger charge is 2.21. The number of aromatic amines is 1. The molecule has 1 fully saturated rings. The summed E-state index contributed by atoms with van der Waals surface area (Å²) in [6.07, 6.45) is 0. The van der Waals surface area contributed by atoms with E-state index in [0.717, 1.165) is 43.3 Å². The number of nitriles is 1. The van der Waals surface area contributed by atoms with E-state index < -0.39 is 0 Å². The van der Waals surface area contributed by atoms with Crippen molar-refractivity contribution in [3.63, 3.8) is 0 Å². The molecule has 0 aliphatic carbocycles.